The van der Waals surface area contributed by atoms with Gasteiger partial charge >= 0.3 is 5.97 Å². The Bertz CT molecular complexity index is 465. The van der Waals surface area contributed by atoms with E-state index >= 15 is 0 Å². The third-order valence-corrected chi connectivity index (χ3v) is 3.21. The van der Waals surface area contributed by atoms with E-state index in [0.717, 1.165) is 11.1 Å². The second-order valence-corrected chi connectivity index (χ2v) is 4.84. The number of hydrogen-bond donors (Lipinski definition) is 1. The van der Waals surface area contributed by atoms with Gasteiger partial charge in [-0.25, -0.2) is 0 Å². The highest BCUT2D eigenvalue weighted by Gasteiger charge is 2.23. The van der Waals surface area contributed by atoms with Gasteiger partial charge in [-0.3, -0.25) is 4.79 Å². The Morgan fingerprint density at radius 1 is 1.11 bits per heavy atom. The van der Waals surface area contributed by atoms with Gasteiger partial charge in [0.25, 0.3) is 0 Å². The summed E-state index contributed by atoms with van der Waals surface area (Å²) in [5.74, 6) is 0.240. The van der Waals surface area contributed by atoms with E-state index in [0.29, 0.717) is 24.7 Å². The van der Waals surface area contributed by atoms with Gasteiger partial charge in [0, 0.05) is 0 Å². The highest BCUT2D eigenvalue weighted by Crippen LogP contribution is 2.38. The molecule has 0 saturated heterocycles. The Balaban J connectivity index is 2.52. The van der Waals surface area contributed by atoms with Crippen molar-refractivity contribution in [2.75, 3.05) is 13.2 Å². The predicted octanol–water partition coefficient (Wildman–Crippen LogP) is 2.77. The molecule has 0 fully saturated rings. The van der Waals surface area contributed by atoms with Crippen molar-refractivity contribution in [2.45, 2.75) is 32.6 Å². The first-order valence-corrected chi connectivity index (χ1v) is 6.17. The fraction of sp³-hybridized carbons (Fsp3) is 0.500. The SMILES string of the molecule is CC(C)c1cc2c(cc1C(C)C(=O)O)OCCO2. The number of ether oxygens (including phenoxy) is 2. The molecule has 1 unspecified atom stereocenters. The van der Waals surface area contributed by atoms with Crippen LogP contribution in [0.3, 0.4) is 0 Å². The van der Waals surface area contributed by atoms with Crippen LogP contribution in [0.4, 0.5) is 0 Å². The summed E-state index contributed by atoms with van der Waals surface area (Å²) in [5, 5.41) is 9.17. The van der Waals surface area contributed by atoms with Gasteiger partial charge in [0.05, 0.1) is 5.92 Å². The van der Waals surface area contributed by atoms with E-state index in [2.05, 4.69) is 0 Å². The van der Waals surface area contributed by atoms with Crippen LogP contribution in [0.5, 0.6) is 11.5 Å². The summed E-state index contributed by atoms with van der Waals surface area (Å²) in [6, 6.07) is 3.72. The number of carboxylic acid groups (broad SMARTS) is 1. The lowest BCUT2D eigenvalue weighted by molar-refractivity contribution is -0.138. The molecule has 1 heterocycles. The van der Waals surface area contributed by atoms with E-state index in [-0.39, 0.29) is 5.92 Å². The normalized spacial score (nSPS) is 15.6. The third-order valence-electron chi connectivity index (χ3n) is 3.21. The lowest BCUT2D eigenvalue weighted by Gasteiger charge is -2.23. The van der Waals surface area contributed by atoms with Gasteiger partial charge in [0.15, 0.2) is 11.5 Å². The van der Waals surface area contributed by atoms with Crippen LogP contribution in [0.15, 0.2) is 12.1 Å². The number of benzene rings is 1. The molecular weight excluding hydrogens is 232 g/mol. The van der Waals surface area contributed by atoms with E-state index in [4.69, 9.17) is 9.47 Å². The van der Waals surface area contributed by atoms with E-state index in [1.165, 1.54) is 0 Å². The smallest absolute Gasteiger partial charge is 0.310 e. The van der Waals surface area contributed by atoms with Gasteiger partial charge in [-0.2, -0.15) is 0 Å². The average Bonchev–Trinajstić information content (AvgIpc) is 2.36. The summed E-state index contributed by atoms with van der Waals surface area (Å²) in [4.78, 5) is 11.2. The molecule has 4 nitrogen and oxygen atoms in total. The Morgan fingerprint density at radius 2 is 1.61 bits per heavy atom. The quantitative estimate of drug-likeness (QED) is 0.896. The van der Waals surface area contributed by atoms with E-state index in [1.54, 1.807) is 6.92 Å². The second-order valence-electron chi connectivity index (χ2n) is 4.84. The minimum atomic E-state index is -0.825. The number of hydrogen-bond acceptors (Lipinski definition) is 3. The topological polar surface area (TPSA) is 55.8 Å². The van der Waals surface area contributed by atoms with Gasteiger partial charge in [0.2, 0.25) is 0 Å². The Labute approximate surface area is 107 Å². The summed E-state index contributed by atoms with van der Waals surface area (Å²) >= 11 is 0. The second kappa shape index (κ2) is 4.88. The number of carbonyl (C=O) groups is 1. The molecule has 1 atom stereocenters. The van der Waals surface area contributed by atoms with Gasteiger partial charge in [-0.05, 0) is 36.1 Å². The standard InChI is InChI=1S/C14H18O4/c1-8(2)10-6-12-13(18-5-4-17-12)7-11(10)9(3)14(15)16/h6-9H,4-5H2,1-3H3,(H,15,16). The molecule has 0 spiro atoms. The molecule has 4 heteroatoms. The zero-order valence-electron chi connectivity index (χ0n) is 10.9. The van der Waals surface area contributed by atoms with E-state index in [1.807, 2.05) is 26.0 Å². The van der Waals surface area contributed by atoms with E-state index in [9.17, 15) is 9.90 Å². The number of rotatable bonds is 3. The van der Waals surface area contributed by atoms with Crippen LogP contribution < -0.4 is 9.47 Å². The van der Waals surface area contributed by atoms with Crippen LogP contribution in [0.2, 0.25) is 0 Å². The van der Waals surface area contributed by atoms with Crippen molar-refractivity contribution in [3.05, 3.63) is 23.3 Å². The van der Waals surface area contributed by atoms with Crippen molar-refractivity contribution in [3.8, 4) is 11.5 Å². The van der Waals surface area contributed by atoms with Gasteiger partial charge < -0.3 is 14.6 Å². The predicted molar refractivity (Wildman–Crippen MR) is 67.6 cm³/mol. The molecule has 0 amide bonds. The van der Waals surface area contributed by atoms with Crippen LogP contribution in [0.1, 0.15) is 43.7 Å². The molecule has 0 aromatic heterocycles. The summed E-state index contributed by atoms with van der Waals surface area (Å²) in [7, 11) is 0. The molecule has 1 aromatic carbocycles. The molecule has 2 rings (SSSR count). The molecule has 0 radical (unpaired) electrons. The molecule has 1 aliphatic rings. The minimum Gasteiger partial charge on any atom is -0.486 e. The highest BCUT2D eigenvalue weighted by molar-refractivity contribution is 5.77. The Morgan fingerprint density at radius 3 is 2.06 bits per heavy atom. The fourth-order valence-electron chi connectivity index (χ4n) is 2.13. The maximum absolute atomic E-state index is 11.2. The zero-order valence-corrected chi connectivity index (χ0v) is 10.9. The molecule has 0 bridgehead atoms. The minimum absolute atomic E-state index is 0.248. The monoisotopic (exact) mass is 250 g/mol. The molecule has 0 saturated carbocycles. The number of aliphatic carboxylic acids is 1. The van der Waals surface area contributed by atoms with Crippen molar-refractivity contribution in [1.82, 2.24) is 0 Å². The first-order valence-electron chi connectivity index (χ1n) is 6.17. The Hall–Kier alpha value is -1.71. The fourth-order valence-corrected chi connectivity index (χ4v) is 2.13. The molecule has 1 aromatic rings. The van der Waals surface area contributed by atoms with Gasteiger partial charge in [-0.1, -0.05) is 13.8 Å². The maximum Gasteiger partial charge on any atom is 0.310 e. The largest absolute Gasteiger partial charge is 0.486 e. The van der Waals surface area contributed by atoms with Crippen LogP contribution in [-0.4, -0.2) is 24.3 Å². The molecule has 0 aliphatic carbocycles. The summed E-state index contributed by atoms with van der Waals surface area (Å²) in [6.07, 6.45) is 0. The molecular formula is C14H18O4. The zero-order chi connectivity index (χ0) is 13.3. The average molecular weight is 250 g/mol. The maximum atomic E-state index is 11.2. The van der Waals surface area contributed by atoms with Crippen molar-refractivity contribution < 1.29 is 19.4 Å². The highest BCUT2D eigenvalue weighted by atomic mass is 16.6. The first kappa shape index (κ1) is 12.7. The van der Waals surface area contributed by atoms with Crippen molar-refractivity contribution in [3.63, 3.8) is 0 Å². The van der Waals surface area contributed by atoms with Crippen molar-refractivity contribution in [1.29, 1.82) is 0 Å². The van der Waals surface area contributed by atoms with Crippen LogP contribution in [0.25, 0.3) is 0 Å². The third kappa shape index (κ3) is 2.28. The number of carboxylic acids is 1. The van der Waals surface area contributed by atoms with Gasteiger partial charge in [0.1, 0.15) is 13.2 Å². The molecule has 1 aliphatic heterocycles. The van der Waals surface area contributed by atoms with Crippen molar-refractivity contribution >= 4 is 5.97 Å². The Kier molecular flexibility index (Phi) is 3.45. The molecule has 98 valence electrons. The lowest BCUT2D eigenvalue weighted by atomic mass is 9.89. The summed E-state index contributed by atoms with van der Waals surface area (Å²) in [6.45, 7) is 6.83. The van der Waals surface area contributed by atoms with Gasteiger partial charge in [-0.15, -0.1) is 0 Å². The van der Waals surface area contributed by atoms with Crippen LogP contribution in [0, 0.1) is 0 Å². The lowest BCUT2D eigenvalue weighted by Crippen LogP contribution is -2.17. The summed E-state index contributed by atoms with van der Waals surface area (Å²) < 4.78 is 11.0. The van der Waals surface area contributed by atoms with Crippen LogP contribution >= 0.6 is 0 Å². The van der Waals surface area contributed by atoms with E-state index < -0.39 is 11.9 Å². The number of fused-ring (bicyclic) bond motifs is 1. The first-order chi connectivity index (χ1) is 8.50. The molecule has 18 heavy (non-hydrogen) atoms. The van der Waals surface area contributed by atoms with Crippen molar-refractivity contribution in [2.24, 2.45) is 0 Å². The molecule has 1 N–H and O–H groups in total. The van der Waals surface area contributed by atoms with Crippen LogP contribution in [-0.2, 0) is 4.79 Å². The summed E-state index contributed by atoms with van der Waals surface area (Å²) in [5.41, 5.74) is 1.82.